The molecule has 2 fully saturated rings. The Bertz CT molecular complexity index is 797. The zero-order chi connectivity index (χ0) is 17.2. The molecule has 1 aliphatic carbocycles. The van der Waals surface area contributed by atoms with Crippen LogP contribution in [0.4, 0.5) is 10.5 Å². The van der Waals surface area contributed by atoms with Gasteiger partial charge in [-0.1, -0.05) is 36.4 Å². The lowest BCUT2D eigenvalue weighted by molar-refractivity contribution is 0.218. The van der Waals surface area contributed by atoms with Gasteiger partial charge >= 0.3 is 6.03 Å². The molecule has 1 aliphatic heterocycles. The van der Waals surface area contributed by atoms with Crippen LogP contribution in [-0.4, -0.2) is 24.0 Å². The highest BCUT2D eigenvalue weighted by molar-refractivity contribution is 5.89. The smallest absolute Gasteiger partial charge is 0.321 e. The Morgan fingerprint density at radius 2 is 1.76 bits per heavy atom. The molecule has 0 spiro atoms. The molecule has 1 N–H and O–H groups in total. The lowest BCUT2D eigenvalue weighted by atomic mass is 9.96. The van der Waals surface area contributed by atoms with Gasteiger partial charge in [0.05, 0.1) is 11.6 Å². The minimum atomic E-state index is -0.0549. The SMILES string of the molecule is N#Cc1cccc(NC(=O)N2CC3CC(c4ccccc4)CC3C2)c1. The maximum atomic E-state index is 12.5. The molecule has 4 nitrogen and oxygen atoms in total. The number of anilines is 1. The first-order valence-electron chi connectivity index (χ1n) is 8.84. The number of hydrogen-bond acceptors (Lipinski definition) is 2. The van der Waals surface area contributed by atoms with Crippen LogP contribution in [-0.2, 0) is 0 Å². The molecule has 0 radical (unpaired) electrons. The molecule has 25 heavy (non-hydrogen) atoms. The van der Waals surface area contributed by atoms with Crippen LogP contribution in [0.15, 0.2) is 54.6 Å². The fourth-order valence-corrected chi connectivity index (χ4v) is 4.33. The van der Waals surface area contributed by atoms with E-state index in [0.29, 0.717) is 29.0 Å². The van der Waals surface area contributed by atoms with Crippen LogP contribution in [0.5, 0.6) is 0 Å². The third kappa shape index (κ3) is 3.23. The van der Waals surface area contributed by atoms with Gasteiger partial charge in [-0.05, 0) is 54.4 Å². The number of benzene rings is 2. The van der Waals surface area contributed by atoms with Gasteiger partial charge in [-0.15, -0.1) is 0 Å². The van der Waals surface area contributed by atoms with Crippen molar-refractivity contribution in [3.8, 4) is 6.07 Å². The predicted molar refractivity (Wildman–Crippen MR) is 97.1 cm³/mol. The van der Waals surface area contributed by atoms with E-state index in [1.54, 1.807) is 18.2 Å². The molecular formula is C21H21N3O. The minimum absolute atomic E-state index is 0.0549. The van der Waals surface area contributed by atoms with E-state index in [2.05, 4.69) is 41.7 Å². The molecule has 1 heterocycles. The lowest BCUT2D eigenvalue weighted by Crippen LogP contribution is -2.33. The number of carbonyl (C=O) groups excluding carboxylic acids is 1. The molecule has 1 saturated heterocycles. The van der Waals surface area contributed by atoms with Crippen molar-refractivity contribution in [1.29, 1.82) is 5.26 Å². The Balaban J connectivity index is 1.36. The number of amides is 2. The van der Waals surface area contributed by atoms with Gasteiger partial charge in [0.25, 0.3) is 0 Å². The predicted octanol–water partition coefficient (Wildman–Crippen LogP) is 4.22. The topological polar surface area (TPSA) is 56.1 Å². The second-order valence-electron chi connectivity index (χ2n) is 7.13. The monoisotopic (exact) mass is 331 g/mol. The summed E-state index contributed by atoms with van der Waals surface area (Å²) in [6.07, 6.45) is 2.34. The molecule has 0 aromatic heterocycles. The molecule has 2 aliphatic rings. The minimum Gasteiger partial charge on any atom is -0.324 e. The van der Waals surface area contributed by atoms with Crippen LogP contribution in [0.2, 0.25) is 0 Å². The molecular weight excluding hydrogens is 310 g/mol. The first kappa shape index (κ1) is 15.7. The van der Waals surface area contributed by atoms with E-state index in [1.165, 1.54) is 18.4 Å². The van der Waals surface area contributed by atoms with Gasteiger partial charge in [0.2, 0.25) is 0 Å². The number of nitrogens with zero attached hydrogens (tertiary/aromatic N) is 2. The largest absolute Gasteiger partial charge is 0.324 e. The van der Waals surface area contributed by atoms with Gasteiger partial charge in [-0.3, -0.25) is 0 Å². The highest BCUT2D eigenvalue weighted by Crippen LogP contribution is 2.46. The first-order chi connectivity index (χ1) is 12.2. The normalized spacial score (nSPS) is 24.6. The average molecular weight is 331 g/mol. The molecule has 2 aromatic carbocycles. The summed E-state index contributed by atoms with van der Waals surface area (Å²) in [5.41, 5.74) is 2.67. The molecule has 2 atom stereocenters. The Labute approximate surface area is 148 Å². The van der Waals surface area contributed by atoms with E-state index in [9.17, 15) is 4.79 Å². The highest BCUT2D eigenvalue weighted by atomic mass is 16.2. The number of nitriles is 1. The van der Waals surface area contributed by atoms with Crippen molar-refractivity contribution < 1.29 is 4.79 Å². The van der Waals surface area contributed by atoms with Crippen LogP contribution in [0.25, 0.3) is 0 Å². The van der Waals surface area contributed by atoms with Crippen molar-refractivity contribution in [2.24, 2.45) is 11.8 Å². The van der Waals surface area contributed by atoms with Crippen LogP contribution >= 0.6 is 0 Å². The Hall–Kier alpha value is -2.80. The van der Waals surface area contributed by atoms with Crippen LogP contribution in [0.1, 0.15) is 29.9 Å². The van der Waals surface area contributed by atoms with E-state index < -0.39 is 0 Å². The van der Waals surface area contributed by atoms with Crippen LogP contribution in [0, 0.1) is 23.2 Å². The van der Waals surface area contributed by atoms with Gasteiger partial charge in [0.15, 0.2) is 0 Å². The molecule has 2 aromatic rings. The summed E-state index contributed by atoms with van der Waals surface area (Å²) in [6, 6.07) is 19.8. The summed E-state index contributed by atoms with van der Waals surface area (Å²) in [6.45, 7) is 1.66. The maximum Gasteiger partial charge on any atom is 0.321 e. The van der Waals surface area contributed by atoms with Gasteiger partial charge in [-0.25, -0.2) is 4.79 Å². The van der Waals surface area contributed by atoms with E-state index in [-0.39, 0.29) is 6.03 Å². The fraction of sp³-hybridized carbons (Fsp3) is 0.333. The molecule has 4 heteroatoms. The van der Waals surface area contributed by atoms with Crippen molar-refractivity contribution in [3.63, 3.8) is 0 Å². The summed E-state index contributed by atoms with van der Waals surface area (Å²) >= 11 is 0. The maximum absolute atomic E-state index is 12.5. The molecule has 1 saturated carbocycles. The van der Waals surface area contributed by atoms with Crippen LogP contribution in [0.3, 0.4) is 0 Å². The Morgan fingerprint density at radius 3 is 2.44 bits per heavy atom. The van der Waals surface area contributed by atoms with E-state index >= 15 is 0 Å². The first-order valence-corrected chi connectivity index (χ1v) is 8.84. The Kier molecular flexibility index (Phi) is 4.15. The summed E-state index contributed by atoms with van der Waals surface area (Å²) in [5.74, 6) is 1.83. The lowest BCUT2D eigenvalue weighted by Gasteiger charge is -2.20. The quantitative estimate of drug-likeness (QED) is 0.896. The van der Waals surface area contributed by atoms with E-state index in [1.807, 2.05) is 11.0 Å². The number of rotatable bonds is 2. The van der Waals surface area contributed by atoms with Gasteiger partial charge < -0.3 is 10.2 Å². The fourth-order valence-electron chi connectivity index (χ4n) is 4.33. The van der Waals surface area contributed by atoms with Gasteiger partial charge in [0, 0.05) is 18.8 Å². The number of carbonyl (C=O) groups is 1. The second-order valence-corrected chi connectivity index (χ2v) is 7.13. The summed E-state index contributed by atoms with van der Waals surface area (Å²) in [4.78, 5) is 14.5. The van der Waals surface area contributed by atoms with Crippen molar-refractivity contribution >= 4 is 11.7 Å². The van der Waals surface area contributed by atoms with Gasteiger partial charge in [0.1, 0.15) is 0 Å². The zero-order valence-electron chi connectivity index (χ0n) is 14.1. The van der Waals surface area contributed by atoms with Gasteiger partial charge in [-0.2, -0.15) is 5.26 Å². The van der Waals surface area contributed by atoms with E-state index in [4.69, 9.17) is 5.26 Å². The number of hydrogen-bond donors (Lipinski definition) is 1. The summed E-state index contributed by atoms with van der Waals surface area (Å²) < 4.78 is 0. The third-order valence-electron chi connectivity index (χ3n) is 5.55. The summed E-state index contributed by atoms with van der Waals surface area (Å²) in [5, 5.41) is 11.9. The zero-order valence-corrected chi connectivity index (χ0v) is 14.1. The molecule has 4 rings (SSSR count). The molecule has 0 bridgehead atoms. The van der Waals surface area contributed by atoms with Crippen molar-refractivity contribution in [2.75, 3.05) is 18.4 Å². The number of nitrogens with one attached hydrogen (secondary N) is 1. The standard InChI is InChI=1S/C21H21N3O/c22-12-15-5-4-8-20(9-15)23-21(25)24-13-18-10-17(11-19(18)14-24)16-6-2-1-3-7-16/h1-9,17-19H,10-11,13-14H2,(H,23,25). The molecule has 2 unspecified atom stereocenters. The molecule has 2 amide bonds. The van der Waals surface area contributed by atoms with Crippen molar-refractivity contribution in [1.82, 2.24) is 4.90 Å². The van der Waals surface area contributed by atoms with E-state index in [0.717, 1.165) is 13.1 Å². The Morgan fingerprint density at radius 1 is 1.04 bits per heavy atom. The second kappa shape index (κ2) is 6.60. The number of urea groups is 1. The summed E-state index contributed by atoms with van der Waals surface area (Å²) in [7, 11) is 0. The number of fused-ring (bicyclic) bond motifs is 1. The molecule has 126 valence electrons. The third-order valence-corrected chi connectivity index (χ3v) is 5.55. The highest BCUT2D eigenvalue weighted by Gasteiger charge is 2.42. The average Bonchev–Trinajstić information content (AvgIpc) is 3.22. The number of likely N-dealkylation sites (tertiary alicyclic amines) is 1. The van der Waals surface area contributed by atoms with Crippen molar-refractivity contribution in [2.45, 2.75) is 18.8 Å². The van der Waals surface area contributed by atoms with Crippen LogP contribution < -0.4 is 5.32 Å². The van der Waals surface area contributed by atoms with Crippen molar-refractivity contribution in [3.05, 3.63) is 65.7 Å².